The fourth-order valence-corrected chi connectivity index (χ4v) is 2.36. The average molecular weight is 269 g/mol. The highest BCUT2D eigenvalue weighted by atomic mass is 16.4. The lowest BCUT2D eigenvalue weighted by Gasteiger charge is -2.23. The number of fused-ring (bicyclic) bond motifs is 1. The van der Waals surface area contributed by atoms with E-state index in [-0.39, 0.29) is 11.7 Å². The van der Waals surface area contributed by atoms with Crippen molar-refractivity contribution in [3.05, 3.63) is 58.9 Å². The summed E-state index contributed by atoms with van der Waals surface area (Å²) in [6, 6.07) is 9.68. The van der Waals surface area contributed by atoms with Crippen molar-refractivity contribution in [2.24, 2.45) is 0 Å². The van der Waals surface area contributed by atoms with Gasteiger partial charge >= 0.3 is 5.97 Å². The van der Waals surface area contributed by atoms with Crippen LogP contribution in [-0.2, 0) is 4.79 Å². The van der Waals surface area contributed by atoms with E-state index in [1.165, 1.54) is 5.56 Å². The molecule has 2 N–H and O–H groups in total. The second kappa shape index (κ2) is 4.52. The van der Waals surface area contributed by atoms with Crippen molar-refractivity contribution in [1.29, 1.82) is 0 Å². The molecule has 2 heterocycles. The van der Waals surface area contributed by atoms with Gasteiger partial charge in [0.2, 0.25) is 0 Å². The Morgan fingerprint density at radius 2 is 2.00 bits per heavy atom. The maximum atomic E-state index is 11.2. The number of allylic oxidation sites excluding steroid dienone is 1. The van der Waals surface area contributed by atoms with Gasteiger partial charge in [0.1, 0.15) is 11.5 Å². The van der Waals surface area contributed by atoms with Crippen LogP contribution in [0.4, 0.5) is 5.82 Å². The van der Waals surface area contributed by atoms with E-state index in [2.05, 4.69) is 10.4 Å². The highest BCUT2D eigenvalue weighted by Gasteiger charge is 2.25. The minimum atomic E-state index is -0.966. The number of benzene rings is 1. The molecule has 102 valence electrons. The normalized spacial score (nSPS) is 17.1. The number of aromatic nitrogens is 2. The molecule has 20 heavy (non-hydrogen) atoms. The molecule has 0 radical (unpaired) electrons. The van der Waals surface area contributed by atoms with Gasteiger partial charge in [0, 0.05) is 6.07 Å². The van der Waals surface area contributed by atoms with Crippen molar-refractivity contribution in [1.82, 2.24) is 9.78 Å². The van der Waals surface area contributed by atoms with Gasteiger partial charge < -0.3 is 10.4 Å². The van der Waals surface area contributed by atoms with Gasteiger partial charge in [0.25, 0.3) is 0 Å². The number of carboxylic acids is 1. The quantitative estimate of drug-likeness (QED) is 0.879. The molecular formula is C15H15N3O2. The fraction of sp³-hybridized carbons (Fsp3) is 0.200. The summed E-state index contributed by atoms with van der Waals surface area (Å²) < 4.78 is 1.81. The first-order valence-electron chi connectivity index (χ1n) is 6.39. The first kappa shape index (κ1) is 12.5. The van der Waals surface area contributed by atoms with Gasteiger partial charge in [0.05, 0.1) is 11.7 Å². The zero-order valence-corrected chi connectivity index (χ0v) is 11.3. The number of anilines is 1. The maximum Gasteiger partial charge on any atom is 0.352 e. The third-order valence-electron chi connectivity index (χ3n) is 3.36. The monoisotopic (exact) mass is 269 g/mol. The van der Waals surface area contributed by atoms with Crippen molar-refractivity contribution in [3.63, 3.8) is 0 Å². The lowest BCUT2D eigenvalue weighted by molar-refractivity contribution is -0.132. The molecule has 0 saturated heterocycles. The van der Waals surface area contributed by atoms with E-state index in [0.29, 0.717) is 5.82 Å². The van der Waals surface area contributed by atoms with Crippen LogP contribution >= 0.6 is 0 Å². The standard InChI is InChI=1S/C15H15N3O2/c1-9-3-5-11(6-4-9)13-8-12(15(19)20)16-14-7-10(2)17-18(13)14/h3-8,13,16H,1-2H3,(H,19,20). The van der Waals surface area contributed by atoms with E-state index in [1.807, 2.05) is 48.9 Å². The third-order valence-corrected chi connectivity index (χ3v) is 3.36. The second-order valence-electron chi connectivity index (χ2n) is 4.98. The molecule has 0 bridgehead atoms. The summed E-state index contributed by atoms with van der Waals surface area (Å²) >= 11 is 0. The van der Waals surface area contributed by atoms with Crippen LogP contribution in [0.1, 0.15) is 22.9 Å². The average Bonchev–Trinajstić information content (AvgIpc) is 2.78. The molecule has 5 nitrogen and oxygen atoms in total. The summed E-state index contributed by atoms with van der Waals surface area (Å²) in [7, 11) is 0. The fourth-order valence-electron chi connectivity index (χ4n) is 2.36. The number of carboxylic acid groups (broad SMARTS) is 1. The van der Waals surface area contributed by atoms with Gasteiger partial charge in [-0.3, -0.25) is 0 Å². The predicted molar refractivity (Wildman–Crippen MR) is 75.6 cm³/mol. The predicted octanol–water partition coefficient (Wildman–Crippen LogP) is 2.48. The lowest BCUT2D eigenvalue weighted by Crippen LogP contribution is -2.23. The van der Waals surface area contributed by atoms with Crippen LogP contribution in [0.15, 0.2) is 42.1 Å². The Kier molecular flexibility index (Phi) is 2.82. The summed E-state index contributed by atoms with van der Waals surface area (Å²) in [5, 5.41) is 16.6. The largest absolute Gasteiger partial charge is 0.477 e. The number of nitrogens with zero attached hydrogens (tertiary/aromatic N) is 2. The van der Waals surface area contributed by atoms with E-state index >= 15 is 0 Å². The van der Waals surface area contributed by atoms with E-state index in [4.69, 9.17) is 0 Å². The summed E-state index contributed by atoms with van der Waals surface area (Å²) in [5.41, 5.74) is 3.22. The van der Waals surface area contributed by atoms with Crippen molar-refractivity contribution < 1.29 is 9.90 Å². The Morgan fingerprint density at radius 3 is 2.65 bits per heavy atom. The molecule has 1 aliphatic heterocycles. The zero-order valence-electron chi connectivity index (χ0n) is 11.3. The Morgan fingerprint density at radius 1 is 1.30 bits per heavy atom. The van der Waals surface area contributed by atoms with Gasteiger partial charge in [-0.05, 0) is 25.5 Å². The molecule has 0 spiro atoms. The highest BCUT2D eigenvalue weighted by Crippen LogP contribution is 2.30. The minimum Gasteiger partial charge on any atom is -0.477 e. The number of carbonyl (C=O) groups is 1. The molecular weight excluding hydrogens is 254 g/mol. The molecule has 1 aromatic heterocycles. The first-order chi connectivity index (χ1) is 9.54. The van der Waals surface area contributed by atoms with Gasteiger partial charge in [-0.1, -0.05) is 29.8 Å². The summed E-state index contributed by atoms with van der Waals surface area (Å²) in [5.74, 6) is -0.264. The number of hydrogen-bond donors (Lipinski definition) is 2. The van der Waals surface area contributed by atoms with Gasteiger partial charge in [0.15, 0.2) is 0 Å². The van der Waals surface area contributed by atoms with Crippen LogP contribution in [-0.4, -0.2) is 20.9 Å². The summed E-state index contributed by atoms with van der Waals surface area (Å²) in [4.78, 5) is 11.2. The van der Waals surface area contributed by atoms with Gasteiger partial charge in [-0.15, -0.1) is 0 Å². The summed E-state index contributed by atoms with van der Waals surface area (Å²) in [6.07, 6.45) is 1.69. The van der Waals surface area contributed by atoms with Crippen molar-refractivity contribution in [3.8, 4) is 0 Å². The van der Waals surface area contributed by atoms with Crippen molar-refractivity contribution in [2.45, 2.75) is 19.9 Å². The maximum absolute atomic E-state index is 11.2. The smallest absolute Gasteiger partial charge is 0.352 e. The highest BCUT2D eigenvalue weighted by molar-refractivity contribution is 5.90. The van der Waals surface area contributed by atoms with Gasteiger partial charge in [-0.25, -0.2) is 9.48 Å². The Bertz CT molecular complexity index is 698. The van der Waals surface area contributed by atoms with Crippen LogP contribution in [0.3, 0.4) is 0 Å². The molecule has 0 fully saturated rings. The van der Waals surface area contributed by atoms with E-state index in [1.54, 1.807) is 6.08 Å². The summed E-state index contributed by atoms with van der Waals surface area (Å²) in [6.45, 7) is 3.91. The Balaban J connectivity index is 2.11. The molecule has 2 aromatic rings. The molecule has 1 unspecified atom stereocenters. The molecule has 1 aliphatic rings. The molecule has 5 heteroatoms. The molecule has 1 atom stereocenters. The first-order valence-corrected chi connectivity index (χ1v) is 6.39. The van der Waals surface area contributed by atoms with Crippen LogP contribution in [0, 0.1) is 13.8 Å². The second-order valence-corrected chi connectivity index (χ2v) is 4.98. The third kappa shape index (κ3) is 2.07. The lowest BCUT2D eigenvalue weighted by atomic mass is 10.0. The number of hydrogen-bond acceptors (Lipinski definition) is 3. The SMILES string of the molecule is Cc1ccc(C2C=C(C(=O)O)Nc3cc(C)nn32)cc1. The van der Waals surface area contributed by atoms with E-state index in [9.17, 15) is 9.90 Å². The van der Waals surface area contributed by atoms with Crippen LogP contribution in [0.5, 0.6) is 0 Å². The number of aliphatic carboxylic acids is 1. The van der Waals surface area contributed by atoms with Crippen LogP contribution < -0.4 is 5.32 Å². The van der Waals surface area contributed by atoms with E-state index < -0.39 is 5.97 Å². The Labute approximate surface area is 116 Å². The molecule has 3 rings (SSSR count). The number of aryl methyl sites for hydroxylation is 2. The zero-order chi connectivity index (χ0) is 14.3. The van der Waals surface area contributed by atoms with Crippen LogP contribution in [0.25, 0.3) is 0 Å². The number of rotatable bonds is 2. The minimum absolute atomic E-state index is 0.183. The van der Waals surface area contributed by atoms with Crippen molar-refractivity contribution in [2.75, 3.05) is 5.32 Å². The molecule has 0 amide bonds. The molecule has 0 saturated carbocycles. The van der Waals surface area contributed by atoms with E-state index in [0.717, 1.165) is 11.3 Å². The van der Waals surface area contributed by atoms with Crippen LogP contribution in [0.2, 0.25) is 0 Å². The topological polar surface area (TPSA) is 67.2 Å². The molecule has 1 aromatic carbocycles. The molecule has 0 aliphatic carbocycles. The van der Waals surface area contributed by atoms with Crippen molar-refractivity contribution >= 4 is 11.8 Å². The number of nitrogens with one attached hydrogen (secondary N) is 1. The van der Waals surface area contributed by atoms with Gasteiger partial charge in [-0.2, -0.15) is 5.10 Å². The Hall–Kier alpha value is -2.56.